The van der Waals surface area contributed by atoms with Crippen molar-refractivity contribution in [3.63, 3.8) is 0 Å². The molecule has 0 bridgehead atoms. The molecule has 0 saturated carbocycles. The molecule has 0 spiro atoms. The number of nitrogens with one attached hydrogen (secondary N) is 1. The summed E-state index contributed by atoms with van der Waals surface area (Å²) >= 11 is 0. The molecule has 2 atom stereocenters. The number of hydrogen-bond acceptors (Lipinski definition) is 7. The normalized spacial score (nSPS) is 29.7. The van der Waals surface area contributed by atoms with Crippen LogP contribution >= 0.6 is 0 Å². The van der Waals surface area contributed by atoms with E-state index in [0.717, 1.165) is 12.8 Å². The van der Waals surface area contributed by atoms with Gasteiger partial charge in [0, 0.05) is 39.2 Å². The predicted molar refractivity (Wildman–Crippen MR) is 69.0 cm³/mol. The Kier molecular flexibility index (Phi) is 4.02. The van der Waals surface area contributed by atoms with Crippen molar-refractivity contribution in [2.24, 2.45) is 0 Å². The van der Waals surface area contributed by atoms with Crippen LogP contribution in [0.3, 0.4) is 0 Å². The van der Waals surface area contributed by atoms with Crippen LogP contribution in [0.4, 0.5) is 0 Å². The average Bonchev–Trinajstić information content (AvgIpc) is 3.09. The number of aliphatic hydroxyl groups is 1. The summed E-state index contributed by atoms with van der Waals surface area (Å²) in [7, 11) is 0. The van der Waals surface area contributed by atoms with Gasteiger partial charge in [0.15, 0.2) is 0 Å². The summed E-state index contributed by atoms with van der Waals surface area (Å²) in [4.78, 5) is 4.51. The van der Waals surface area contributed by atoms with Crippen LogP contribution in [-0.4, -0.2) is 47.7 Å². The van der Waals surface area contributed by atoms with E-state index in [-0.39, 0.29) is 12.1 Å². The Morgan fingerprint density at radius 1 is 1.45 bits per heavy atom. The minimum atomic E-state index is -0.494. The molecule has 112 valence electrons. The highest BCUT2D eigenvalue weighted by Crippen LogP contribution is 2.35. The molecule has 3 heterocycles. The van der Waals surface area contributed by atoms with Gasteiger partial charge in [-0.3, -0.25) is 0 Å². The molecular weight excluding hydrogens is 262 g/mol. The molecule has 2 aliphatic heterocycles. The monoisotopic (exact) mass is 283 g/mol. The van der Waals surface area contributed by atoms with Crippen LogP contribution in [0.1, 0.15) is 43.9 Å². The number of rotatable bonds is 4. The lowest BCUT2D eigenvalue weighted by atomic mass is 9.93. The van der Waals surface area contributed by atoms with E-state index < -0.39 is 5.60 Å². The molecule has 0 aliphatic carbocycles. The summed E-state index contributed by atoms with van der Waals surface area (Å²) in [6.45, 7) is 4.42. The Balaban J connectivity index is 1.79. The van der Waals surface area contributed by atoms with Crippen LogP contribution in [0.15, 0.2) is 4.52 Å². The summed E-state index contributed by atoms with van der Waals surface area (Å²) in [5.74, 6) is 1.13. The minimum Gasteiger partial charge on any atom is -0.392 e. The first-order chi connectivity index (χ1) is 9.73. The number of β-amino-alcohol motifs (C(OH)–C–C–N with tert-alkyl or cyclic N) is 1. The van der Waals surface area contributed by atoms with Crippen molar-refractivity contribution in [2.45, 2.75) is 43.9 Å². The third-order valence-corrected chi connectivity index (χ3v) is 3.98. The second-order valence-corrected chi connectivity index (χ2v) is 5.35. The molecular formula is C13H21N3O4. The highest BCUT2D eigenvalue weighted by atomic mass is 16.5. The first-order valence-corrected chi connectivity index (χ1v) is 7.21. The predicted octanol–water partition coefficient (Wildman–Crippen LogP) is 0.507. The molecule has 7 nitrogen and oxygen atoms in total. The maximum absolute atomic E-state index is 9.56. The van der Waals surface area contributed by atoms with Crippen molar-refractivity contribution < 1.29 is 19.1 Å². The second-order valence-electron chi connectivity index (χ2n) is 5.35. The Morgan fingerprint density at radius 3 is 2.90 bits per heavy atom. The molecule has 1 aromatic rings. The fourth-order valence-corrected chi connectivity index (χ4v) is 2.88. The molecule has 20 heavy (non-hydrogen) atoms. The molecule has 1 aromatic heterocycles. The molecule has 2 aliphatic rings. The SMILES string of the molecule is CCOC1(c2noc([C@@H]3C[C@H](O)CN3)n2)CCOCC1. The van der Waals surface area contributed by atoms with Crippen LogP contribution < -0.4 is 5.32 Å². The highest BCUT2D eigenvalue weighted by Gasteiger charge is 2.41. The van der Waals surface area contributed by atoms with Gasteiger partial charge in [-0.1, -0.05) is 5.16 Å². The Labute approximate surface area is 117 Å². The minimum absolute atomic E-state index is 0.0650. The summed E-state index contributed by atoms with van der Waals surface area (Å²) in [6, 6.07) is -0.0650. The van der Waals surface area contributed by atoms with E-state index in [9.17, 15) is 5.11 Å². The van der Waals surface area contributed by atoms with E-state index in [4.69, 9.17) is 14.0 Å². The zero-order valence-corrected chi connectivity index (χ0v) is 11.7. The lowest BCUT2D eigenvalue weighted by Crippen LogP contribution is -2.37. The second kappa shape index (κ2) is 5.77. The fourth-order valence-electron chi connectivity index (χ4n) is 2.88. The lowest BCUT2D eigenvalue weighted by Gasteiger charge is -2.33. The van der Waals surface area contributed by atoms with Gasteiger partial charge in [-0.15, -0.1) is 0 Å². The van der Waals surface area contributed by atoms with Crippen LogP contribution in [0.25, 0.3) is 0 Å². The van der Waals surface area contributed by atoms with Gasteiger partial charge in [-0.25, -0.2) is 0 Å². The zero-order valence-electron chi connectivity index (χ0n) is 11.7. The molecule has 0 aromatic carbocycles. The first kappa shape index (κ1) is 13.9. The van der Waals surface area contributed by atoms with Gasteiger partial charge in [-0.2, -0.15) is 4.98 Å². The van der Waals surface area contributed by atoms with Crippen LogP contribution in [0.5, 0.6) is 0 Å². The Morgan fingerprint density at radius 2 is 2.25 bits per heavy atom. The maximum Gasteiger partial charge on any atom is 0.243 e. The maximum atomic E-state index is 9.56. The molecule has 2 N–H and O–H groups in total. The first-order valence-electron chi connectivity index (χ1n) is 7.21. The Bertz CT molecular complexity index is 439. The van der Waals surface area contributed by atoms with E-state index in [0.29, 0.717) is 44.5 Å². The van der Waals surface area contributed by atoms with E-state index in [2.05, 4.69) is 15.5 Å². The van der Waals surface area contributed by atoms with Crippen molar-refractivity contribution in [3.8, 4) is 0 Å². The zero-order chi connectivity index (χ0) is 14.0. The molecule has 2 saturated heterocycles. The van der Waals surface area contributed by atoms with Crippen molar-refractivity contribution in [1.29, 1.82) is 0 Å². The van der Waals surface area contributed by atoms with Crippen molar-refractivity contribution in [1.82, 2.24) is 15.5 Å². The van der Waals surface area contributed by atoms with Gasteiger partial charge in [0.05, 0.1) is 12.1 Å². The van der Waals surface area contributed by atoms with Crippen molar-refractivity contribution in [2.75, 3.05) is 26.4 Å². The van der Waals surface area contributed by atoms with Gasteiger partial charge < -0.3 is 24.4 Å². The number of aliphatic hydroxyl groups excluding tert-OH is 1. The van der Waals surface area contributed by atoms with E-state index in [1.807, 2.05) is 6.92 Å². The van der Waals surface area contributed by atoms with E-state index in [1.165, 1.54) is 0 Å². The van der Waals surface area contributed by atoms with Gasteiger partial charge in [0.25, 0.3) is 0 Å². The number of nitrogens with zero attached hydrogens (tertiary/aromatic N) is 2. The third-order valence-electron chi connectivity index (χ3n) is 3.98. The smallest absolute Gasteiger partial charge is 0.243 e. The number of aromatic nitrogens is 2. The summed E-state index contributed by atoms with van der Waals surface area (Å²) in [5, 5.41) is 16.8. The summed E-state index contributed by atoms with van der Waals surface area (Å²) in [6.07, 6.45) is 1.73. The third kappa shape index (κ3) is 2.58. The van der Waals surface area contributed by atoms with E-state index in [1.54, 1.807) is 0 Å². The number of ether oxygens (including phenoxy) is 2. The van der Waals surface area contributed by atoms with Crippen molar-refractivity contribution >= 4 is 0 Å². The Hall–Kier alpha value is -1.02. The standard InChI is InChI=1S/C13H21N3O4/c1-2-19-13(3-5-18-6-4-13)12-15-11(20-16-12)10-7-9(17)8-14-10/h9-10,14,17H,2-8H2,1H3/t9-,10-/m0/s1. The highest BCUT2D eigenvalue weighted by molar-refractivity contribution is 5.06. The molecule has 2 fully saturated rings. The topological polar surface area (TPSA) is 89.6 Å². The van der Waals surface area contributed by atoms with Gasteiger partial charge in [0.1, 0.15) is 5.60 Å². The molecule has 0 amide bonds. The number of hydrogen-bond donors (Lipinski definition) is 2. The largest absolute Gasteiger partial charge is 0.392 e. The quantitative estimate of drug-likeness (QED) is 0.832. The lowest BCUT2D eigenvalue weighted by molar-refractivity contribution is -0.118. The van der Waals surface area contributed by atoms with Gasteiger partial charge in [-0.05, 0) is 13.3 Å². The van der Waals surface area contributed by atoms with E-state index >= 15 is 0 Å². The van der Waals surface area contributed by atoms with Crippen LogP contribution in [-0.2, 0) is 15.1 Å². The van der Waals surface area contributed by atoms with Crippen LogP contribution in [0, 0.1) is 0 Å². The van der Waals surface area contributed by atoms with Gasteiger partial charge in [0.2, 0.25) is 11.7 Å². The summed E-state index contributed by atoms with van der Waals surface area (Å²) in [5.41, 5.74) is -0.494. The molecule has 3 rings (SSSR count). The molecule has 0 radical (unpaired) electrons. The van der Waals surface area contributed by atoms with Gasteiger partial charge >= 0.3 is 0 Å². The fraction of sp³-hybridized carbons (Fsp3) is 0.846. The van der Waals surface area contributed by atoms with Crippen molar-refractivity contribution in [3.05, 3.63) is 11.7 Å². The molecule has 0 unspecified atom stereocenters. The average molecular weight is 283 g/mol. The van der Waals surface area contributed by atoms with Crippen LogP contribution in [0.2, 0.25) is 0 Å². The summed E-state index contributed by atoms with van der Waals surface area (Å²) < 4.78 is 16.7. The molecule has 7 heteroatoms.